The van der Waals surface area contributed by atoms with Crippen LogP contribution in [0, 0.1) is 5.92 Å². The Morgan fingerprint density at radius 3 is 2.81 bits per heavy atom. The fourth-order valence-electron chi connectivity index (χ4n) is 3.48. The van der Waals surface area contributed by atoms with Gasteiger partial charge in [0.15, 0.2) is 0 Å². The number of nitrogens with zero attached hydrogens (tertiary/aromatic N) is 2. The average molecular weight is 287 g/mol. The molecule has 2 aliphatic heterocycles. The van der Waals surface area contributed by atoms with Crippen molar-refractivity contribution in [1.82, 2.24) is 4.90 Å². The predicted octanol–water partition coefficient (Wildman–Crippen LogP) is 1.75. The molecule has 0 spiro atoms. The first-order valence-corrected chi connectivity index (χ1v) is 7.53. The number of rotatable bonds is 1. The summed E-state index contributed by atoms with van der Waals surface area (Å²) in [5.74, 6) is -0.0155. The van der Waals surface area contributed by atoms with E-state index in [1.807, 2.05) is 23.1 Å². The van der Waals surface area contributed by atoms with Gasteiger partial charge in [-0.05, 0) is 37.8 Å². The second-order valence-corrected chi connectivity index (χ2v) is 6.01. The summed E-state index contributed by atoms with van der Waals surface area (Å²) in [4.78, 5) is 27.7. The summed E-state index contributed by atoms with van der Waals surface area (Å²) in [6.07, 6.45) is 2.56. The molecule has 3 rings (SSSR count). The lowest BCUT2D eigenvalue weighted by atomic mass is 9.96. The Labute approximate surface area is 124 Å². The van der Waals surface area contributed by atoms with Crippen LogP contribution in [0.2, 0.25) is 0 Å². The number of nitrogens with two attached hydrogens (primary N) is 1. The minimum atomic E-state index is -0.428. The van der Waals surface area contributed by atoms with Crippen LogP contribution in [-0.2, 0) is 11.2 Å². The van der Waals surface area contributed by atoms with Crippen LogP contribution >= 0.6 is 0 Å². The zero-order chi connectivity index (χ0) is 15.0. The Bertz CT molecular complexity index is 572. The third-order valence-electron chi connectivity index (χ3n) is 4.53. The molecule has 1 aromatic carbocycles. The van der Waals surface area contributed by atoms with Gasteiger partial charge in [0, 0.05) is 24.8 Å². The van der Waals surface area contributed by atoms with Crippen molar-refractivity contribution >= 4 is 17.6 Å². The summed E-state index contributed by atoms with van der Waals surface area (Å²) >= 11 is 0. The topological polar surface area (TPSA) is 66.6 Å². The van der Waals surface area contributed by atoms with Crippen LogP contribution in [0.15, 0.2) is 24.3 Å². The molecule has 2 N–H and O–H groups in total. The number of benzene rings is 1. The number of hydrogen-bond acceptors (Lipinski definition) is 2. The van der Waals surface area contributed by atoms with E-state index in [9.17, 15) is 9.59 Å². The summed E-state index contributed by atoms with van der Waals surface area (Å²) in [6.45, 7) is 3.18. The molecule has 1 saturated heterocycles. The number of amides is 3. The Kier molecular flexibility index (Phi) is 3.57. The molecule has 1 fully saturated rings. The number of likely N-dealkylation sites (tertiary alicyclic amines) is 1. The van der Waals surface area contributed by atoms with E-state index in [0.717, 1.165) is 24.9 Å². The van der Waals surface area contributed by atoms with Crippen molar-refractivity contribution in [2.75, 3.05) is 18.0 Å². The monoisotopic (exact) mass is 287 g/mol. The van der Waals surface area contributed by atoms with Crippen molar-refractivity contribution in [3.8, 4) is 0 Å². The SMILES string of the molecule is C[C@H]1Cc2ccccc2N1C(=O)[C@H]1CCCN(C(N)=O)C1. The molecule has 112 valence electrons. The Morgan fingerprint density at radius 1 is 1.29 bits per heavy atom. The van der Waals surface area contributed by atoms with Crippen LogP contribution in [0.25, 0.3) is 0 Å². The number of primary amides is 1. The van der Waals surface area contributed by atoms with Crippen LogP contribution in [0.3, 0.4) is 0 Å². The summed E-state index contributed by atoms with van der Waals surface area (Å²) in [5, 5.41) is 0. The van der Waals surface area contributed by atoms with Crippen molar-refractivity contribution in [3.05, 3.63) is 29.8 Å². The lowest BCUT2D eigenvalue weighted by molar-refractivity contribution is -0.123. The van der Waals surface area contributed by atoms with Gasteiger partial charge in [-0.25, -0.2) is 4.79 Å². The van der Waals surface area contributed by atoms with E-state index in [2.05, 4.69) is 13.0 Å². The molecule has 21 heavy (non-hydrogen) atoms. The molecule has 0 unspecified atom stereocenters. The van der Waals surface area contributed by atoms with Gasteiger partial charge in [-0.1, -0.05) is 18.2 Å². The molecule has 0 aromatic heterocycles. The van der Waals surface area contributed by atoms with Crippen LogP contribution < -0.4 is 10.6 Å². The minimum absolute atomic E-state index is 0.124. The van der Waals surface area contributed by atoms with Gasteiger partial charge in [0.1, 0.15) is 0 Å². The van der Waals surface area contributed by atoms with Gasteiger partial charge in [-0.15, -0.1) is 0 Å². The molecular weight excluding hydrogens is 266 g/mol. The smallest absolute Gasteiger partial charge is 0.314 e. The summed E-state index contributed by atoms with van der Waals surface area (Å²) < 4.78 is 0. The number of carbonyl (C=O) groups excluding carboxylic acids is 2. The number of para-hydroxylation sites is 1. The zero-order valence-electron chi connectivity index (χ0n) is 12.3. The fraction of sp³-hybridized carbons (Fsp3) is 0.500. The molecule has 3 amide bonds. The second kappa shape index (κ2) is 5.39. The highest BCUT2D eigenvalue weighted by atomic mass is 16.2. The molecule has 2 atom stereocenters. The van der Waals surface area contributed by atoms with E-state index >= 15 is 0 Å². The normalized spacial score (nSPS) is 24.8. The minimum Gasteiger partial charge on any atom is -0.351 e. The first-order chi connectivity index (χ1) is 10.1. The lowest BCUT2D eigenvalue weighted by Gasteiger charge is -2.34. The molecule has 1 aromatic rings. The first kappa shape index (κ1) is 13.9. The maximum absolute atomic E-state index is 12.9. The Balaban J connectivity index is 1.80. The van der Waals surface area contributed by atoms with Crippen LogP contribution in [0.5, 0.6) is 0 Å². The lowest BCUT2D eigenvalue weighted by Crippen LogP contribution is -2.49. The molecule has 0 radical (unpaired) electrons. The molecule has 2 heterocycles. The quantitative estimate of drug-likeness (QED) is 0.855. The van der Waals surface area contributed by atoms with Crippen LogP contribution in [0.4, 0.5) is 10.5 Å². The van der Waals surface area contributed by atoms with Gasteiger partial charge in [-0.3, -0.25) is 4.79 Å². The van der Waals surface area contributed by atoms with Gasteiger partial charge in [0.05, 0.1) is 5.92 Å². The first-order valence-electron chi connectivity index (χ1n) is 7.53. The van der Waals surface area contributed by atoms with E-state index in [0.29, 0.717) is 13.1 Å². The van der Waals surface area contributed by atoms with E-state index in [4.69, 9.17) is 5.73 Å². The Morgan fingerprint density at radius 2 is 2.05 bits per heavy atom. The Hall–Kier alpha value is -2.04. The number of fused-ring (bicyclic) bond motifs is 1. The molecular formula is C16H21N3O2. The number of hydrogen-bond donors (Lipinski definition) is 1. The number of urea groups is 1. The largest absolute Gasteiger partial charge is 0.351 e. The van der Waals surface area contributed by atoms with Crippen molar-refractivity contribution < 1.29 is 9.59 Å². The van der Waals surface area contributed by atoms with Crippen LogP contribution in [0.1, 0.15) is 25.3 Å². The number of piperidine rings is 1. The van der Waals surface area contributed by atoms with E-state index in [-0.39, 0.29) is 17.9 Å². The predicted molar refractivity (Wildman–Crippen MR) is 81.0 cm³/mol. The van der Waals surface area contributed by atoms with Gasteiger partial charge in [0.25, 0.3) is 0 Å². The maximum atomic E-state index is 12.9. The third kappa shape index (κ3) is 2.48. The standard InChI is InChI=1S/C16H21N3O2/c1-11-9-12-5-2-3-7-14(12)19(11)15(20)13-6-4-8-18(10-13)16(17)21/h2-3,5,7,11,13H,4,6,8-10H2,1H3,(H2,17,21)/t11-,13-/m0/s1. The maximum Gasteiger partial charge on any atom is 0.314 e. The molecule has 0 saturated carbocycles. The summed E-state index contributed by atoms with van der Waals surface area (Å²) in [6, 6.07) is 7.81. The van der Waals surface area contributed by atoms with E-state index < -0.39 is 6.03 Å². The molecule has 2 aliphatic rings. The zero-order valence-corrected chi connectivity index (χ0v) is 12.3. The van der Waals surface area contributed by atoms with Crippen molar-refractivity contribution in [3.63, 3.8) is 0 Å². The van der Waals surface area contributed by atoms with E-state index in [1.165, 1.54) is 5.56 Å². The molecule has 0 bridgehead atoms. The number of anilines is 1. The molecule has 5 heteroatoms. The average Bonchev–Trinajstić information content (AvgIpc) is 2.82. The summed E-state index contributed by atoms with van der Waals surface area (Å²) in [5.41, 5.74) is 7.59. The van der Waals surface area contributed by atoms with Crippen LogP contribution in [-0.4, -0.2) is 36.0 Å². The van der Waals surface area contributed by atoms with Crippen molar-refractivity contribution in [2.24, 2.45) is 11.7 Å². The van der Waals surface area contributed by atoms with Crippen molar-refractivity contribution in [2.45, 2.75) is 32.2 Å². The second-order valence-electron chi connectivity index (χ2n) is 6.01. The molecule has 0 aliphatic carbocycles. The fourth-order valence-corrected chi connectivity index (χ4v) is 3.48. The van der Waals surface area contributed by atoms with Gasteiger partial charge in [0.2, 0.25) is 5.91 Å². The van der Waals surface area contributed by atoms with Gasteiger partial charge >= 0.3 is 6.03 Å². The van der Waals surface area contributed by atoms with Crippen molar-refractivity contribution in [1.29, 1.82) is 0 Å². The highest BCUT2D eigenvalue weighted by Gasteiger charge is 2.36. The summed E-state index contributed by atoms with van der Waals surface area (Å²) in [7, 11) is 0. The third-order valence-corrected chi connectivity index (χ3v) is 4.53. The highest BCUT2D eigenvalue weighted by molar-refractivity contribution is 5.98. The number of carbonyl (C=O) groups is 2. The highest BCUT2D eigenvalue weighted by Crippen LogP contribution is 2.34. The van der Waals surface area contributed by atoms with Gasteiger partial charge < -0.3 is 15.5 Å². The molecule has 5 nitrogen and oxygen atoms in total. The van der Waals surface area contributed by atoms with E-state index in [1.54, 1.807) is 4.90 Å². The van der Waals surface area contributed by atoms with Gasteiger partial charge in [-0.2, -0.15) is 0 Å².